The second-order valence-corrected chi connectivity index (χ2v) is 3.86. The van der Waals surface area contributed by atoms with E-state index in [2.05, 4.69) is 0 Å². The summed E-state index contributed by atoms with van der Waals surface area (Å²) in [4.78, 5) is 0. The van der Waals surface area contributed by atoms with E-state index >= 15 is 0 Å². The van der Waals surface area contributed by atoms with E-state index in [1.807, 2.05) is 0 Å². The van der Waals surface area contributed by atoms with Gasteiger partial charge in [-0.2, -0.15) is 0 Å². The normalized spacial score (nSPS) is 35.1. The van der Waals surface area contributed by atoms with Crippen LogP contribution in [-0.4, -0.2) is 32.7 Å². The third kappa shape index (κ3) is 2.93. The Bertz CT molecular complexity index is 137. The molecule has 0 radical (unpaired) electrons. The van der Waals surface area contributed by atoms with Crippen molar-refractivity contribution in [3.63, 3.8) is 0 Å². The van der Waals surface area contributed by atoms with Crippen LogP contribution < -0.4 is 0 Å². The summed E-state index contributed by atoms with van der Waals surface area (Å²) in [7, 11) is 0. The van der Waals surface area contributed by atoms with Gasteiger partial charge in [0.15, 0.2) is 6.29 Å². The second kappa shape index (κ2) is 4.94. The molecule has 2 fully saturated rings. The highest BCUT2D eigenvalue weighted by molar-refractivity contribution is 4.64. The molecule has 0 aromatic rings. The van der Waals surface area contributed by atoms with Gasteiger partial charge < -0.3 is 14.2 Å². The minimum Gasteiger partial charge on any atom is -0.381 e. The van der Waals surface area contributed by atoms with E-state index < -0.39 is 0 Å². The van der Waals surface area contributed by atoms with Gasteiger partial charge in [-0.05, 0) is 25.7 Å². The lowest BCUT2D eigenvalue weighted by Crippen LogP contribution is -2.25. The molecule has 2 saturated heterocycles. The maximum absolute atomic E-state index is 5.66. The molecule has 3 heteroatoms. The molecule has 3 nitrogen and oxygen atoms in total. The van der Waals surface area contributed by atoms with Crippen LogP contribution in [0.3, 0.4) is 0 Å². The lowest BCUT2D eigenvalue weighted by atomic mass is 10.1. The van der Waals surface area contributed by atoms with Crippen LogP contribution in [0.15, 0.2) is 0 Å². The Morgan fingerprint density at radius 1 is 1.15 bits per heavy atom. The zero-order valence-electron chi connectivity index (χ0n) is 8.04. The van der Waals surface area contributed by atoms with Gasteiger partial charge in [0.05, 0.1) is 13.2 Å². The molecular weight excluding hydrogens is 168 g/mol. The lowest BCUT2D eigenvalue weighted by Gasteiger charge is -2.23. The van der Waals surface area contributed by atoms with E-state index in [1.165, 1.54) is 12.8 Å². The Labute approximate surface area is 79.4 Å². The molecule has 76 valence electrons. The summed E-state index contributed by atoms with van der Waals surface area (Å²) in [6.45, 7) is 3.45. The average Bonchev–Trinajstić information content (AvgIpc) is 2.69. The summed E-state index contributed by atoms with van der Waals surface area (Å²) in [5.41, 5.74) is 0. The van der Waals surface area contributed by atoms with Crippen LogP contribution in [0.25, 0.3) is 0 Å². The van der Waals surface area contributed by atoms with Gasteiger partial charge in [0.2, 0.25) is 0 Å². The monoisotopic (exact) mass is 186 g/mol. The van der Waals surface area contributed by atoms with Gasteiger partial charge in [0.25, 0.3) is 0 Å². The van der Waals surface area contributed by atoms with Crippen LogP contribution in [0.5, 0.6) is 0 Å². The van der Waals surface area contributed by atoms with Crippen LogP contribution in [0.4, 0.5) is 0 Å². The predicted octanol–water partition coefficient (Wildman–Crippen LogP) is 1.57. The minimum atomic E-state index is 0.0642. The zero-order chi connectivity index (χ0) is 8.93. The fourth-order valence-electron chi connectivity index (χ4n) is 1.80. The second-order valence-electron chi connectivity index (χ2n) is 3.86. The molecule has 2 atom stereocenters. The number of rotatable bonds is 3. The molecule has 0 amide bonds. The van der Waals surface area contributed by atoms with Crippen molar-refractivity contribution in [2.75, 3.05) is 26.4 Å². The van der Waals surface area contributed by atoms with Gasteiger partial charge in [-0.15, -0.1) is 0 Å². The first kappa shape index (κ1) is 9.44. The van der Waals surface area contributed by atoms with Crippen LogP contribution >= 0.6 is 0 Å². The Kier molecular flexibility index (Phi) is 3.58. The Hall–Kier alpha value is -0.120. The quantitative estimate of drug-likeness (QED) is 0.669. The first-order chi connectivity index (χ1) is 6.45. The molecule has 0 saturated carbocycles. The molecule has 2 aliphatic heterocycles. The van der Waals surface area contributed by atoms with Gasteiger partial charge >= 0.3 is 0 Å². The number of hydrogen-bond acceptors (Lipinski definition) is 3. The molecule has 2 unspecified atom stereocenters. The van der Waals surface area contributed by atoms with Gasteiger partial charge in [0.1, 0.15) is 0 Å². The summed E-state index contributed by atoms with van der Waals surface area (Å²) in [5.74, 6) is 0.602. The van der Waals surface area contributed by atoms with E-state index in [4.69, 9.17) is 14.2 Å². The van der Waals surface area contributed by atoms with Crippen molar-refractivity contribution in [2.24, 2.45) is 5.92 Å². The minimum absolute atomic E-state index is 0.0642. The molecule has 13 heavy (non-hydrogen) atoms. The molecular formula is C10H18O3. The van der Waals surface area contributed by atoms with Gasteiger partial charge in [0, 0.05) is 19.1 Å². The molecule has 0 aliphatic carbocycles. The van der Waals surface area contributed by atoms with Crippen LogP contribution in [0.1, 0.15) is 25.7 Å². The summed E-state index contributed by atoms with van der Waals surface area (Å²) in [6, 6.07) is 0. The third-order valence-electron chi connectivity index (χ3n) is 2.68. The Morgan fingerprint density at radius 3 is 2.85 bits per heavy atom. The van der Waals surface area contributed by atoms with Crippen molar-refractivity contribution < 1.29 is 14.2 Å². The highest BCUT2D eigenvalue weighted by atomic mass is 16.7. The van der Waals surface area contributed by atoms with Crippen molar-refractivity contribution in [3.8, 4) is 0 Å². The SMILES string of the molecule is C1CCC(OCC2CCOC2)OC1. The maximum Gasteiger partial charge on any atom is 0.157 e. The highest BCUT2D eigenvalue weighted by Gasteiger charge is 2.19. The fraction of sp³-hybridized carbons (Fsp3) is 1.00. The Morgan fingerprint density at radius 2 is 2.15 bits per heavy atom. The van der Waals surface area contributed by atoms with Crippen LogP contribution in [-0.2, 0) is 14.2 Å². The van der Waals surface area contributed by atoms with Crippen LogP contribution in [0, 0.1) is 5.92 Å². The van der Waals surface area contributed by atoms with E-state index in [0.717, 1.165) is 39.3 Å². The van der Waals surface area contributed by atoms with Crippen molar-refractivity contribution in [2.45, 2.75) is 32.0 Å². The van der Waals surface area contributed by atoms with Crippen molar-refractivity contribution in [3.05, 3.63) is 0 Å². The highest BCUT2D eigenvalue weighted by Crippen LogP contribution is 2.17. The molecule has 0 aromatic carbocycles. The summed E-state index contributed by atoms with van der Waals surface area (Å²) in [5, 5.41) is 0. The van der Waals surface area contributed by atoms with E-state index in [-0.39, 0.29) is 6.29 Å². The largest absolute Gasteiger partial charge is 0.381 e. The lowest BCUT2D eigenvalue weighted by molar-refractivity contribution is -0.168. The van der Waals surface area contributed by atoms with Gasteiger partial charge in [-0.1, -0.05) is 0 Å². The van der Waals surface area contributed by atoms with E-state index in [9.17, 15) is 0 Å². The maximum atomic E-state index is 5.66. The predicted molar refractivity (Wildman–Crippen MR) is 48.5 cm³/mol. The molecule has 2 heterocycles. The summed E-state index contributed by atoms with van der Waals surface area (Å²) < 4.78 is 16.4. The first-order valence-corrected chi connectivity index (χ1v) is 5.26. The molecule has 0 bridgehead atoms. The molecule has 2 aliphatic rings. The van der Waals surface area contributed by atoms with Crippen molar-refractivity contribution in [1.82, 2.24) is 0 Å². The zero-order valence-corrected chi connectivity index (χ0v) is 8.04. The fourth-order valence-corrected chi connectivity index (χ4v) is 1.80. The van der Waals surface area contributed by atoms with Gasteiger partial charge in [-0.25, -0.2) is 0 Å². The number of hydrogen-bond donors (Lipinski definition) is 0. The topological polar surface area (TPSA) is 27.7 Å². The van der Waals surface area contributed by atoms with Gasteiger partial charge in [-0.3, -0.25) is 0 Å². The van der Waals surface area contributed by atoms with E-state index in [0.29, 0.717) is 5.92 Å². The molecule has 0 spiro atoms. The standard InChI is InChI=1S/C10H18O3/c1-2-5-12-10(3-1)13-8-9-4-6-11-7-9/h9-10H,1-8H2. The summed E-state index contributed by atoms with van der Waals surface area (Å²) in [6.07, 6.45) is 4.70. The van der Waals surface area contributed by atoms with Crippen molar-refractivity contribution in [1.29, 1.82) is 0 Å². The van der Waals surface area contributed by atoms with E-state index in [1.54, 1.807) is 0 Å². The molecule has 0 N–H and O–H groups in total. The number of ether oxygens (including phenoxy) is 3. The summed E-state index contributed by atoms with van der Waals surface area (Å²) >= 11 is 0. The average molecular weight is 186 g/mol. The van der Waals surface area contributed by atoms with Crippen LogP contribution in [0.2, 0.25) is 0 Å². The molecule has 2 rings (SSSR count). The van der Waals surface area contributed by atoms with Crippen molar-refractivity contribution >= 4 is 0 Å². The Balaban J connectivity index is 1.60. The first-order valence-electron chi connectivity index (χ1n) is 5.26. The third-order valence-corrected chi connectivity index (χ3v) is 2.68. The smallest absolute Gasteiger partial charge is 0.157 e. The molecule has 0 aromatic heterocycles.